The molecule has 0 unspecified atom stereocenters. The number of guanidine groups is 1. The fraction of sp³-hybridized carbons (Fsp3) is 0.556. The highest BCUT2D eigenvalue weighted by molar-refractivity contribution is 14.0. The Hall–Kier alpha value is -1.36. The van der Waals surface area contributed by atoms with Crippen LogP contribution in [-0.2, 0) is 16.3 Å². The second-order valence-corrected chi connectivity index (χ2v) is 9.93. The Morgan fingerprint density at radius 1 is 1.37 bits per heavy atom. The third-order valence-electron chi connectivity index (χ3n) is 4.72. The number of nitrogens with one attached hydrogen (secondary N) is 1. The molecule has 3 heterocycles. The van der Waals surface area contributed by atoms with Crippen LogP contribution in [-0.4, -0.2) is 65.3 Å². The van der Waals surface area contributed by atoms with Gasteiger partial charge in [0.25, 0.3) is 0 Å². The standard InChI is InChI=1S/C18H27N5O2S.HI/c1-4-19-17(23-11-12-26(24,25)18(2,3)14-23)20-9-8-15-13-22-10-6-5-7-16(22)21-15;/h5-7,10,13H,4,8-9,11-12,14H2,1-3H3,(H,19,20);1H. The fourth-order valence-electron chi connectivity index (χ4n) is 3.13. The number of aliphatic imine (C=N–C) groups is 1. The van der Waals surface area contributed by atoms with Crippen LogP contribution in [0.3, 0.4) is 0 Å². The molecular weight excluding hydrogens is 477 g/mol. The maximum absolute atomic E-state index is 12.2. The predicted octanol–water partition coefficient (Wildman–Crippen LogP) is 1.97. The van der Waals surface area contributed by atoms with Crippen LogP contribution in [0.25, 0.3) is 5.65 Å². The van der Waals surface area contributed by atoms with Gasteiger partial charge in [-0.05, 0) is 32.9 Å². The number of aromatic nitrogens is 2. The van der Waals surface area contributed by atoms with Gasteiger partial charge in [0.15, 0.2) is 15.8 Å². The van der Waals surface area contributed by atoms with Gasteiger partial charge in [0.2, 0.25) is 0 Å². The minimum absolute atomic E-state index is 0. The predicted molar refractivity (Wildman–Crippen MR) is 120 cm³/mol. The monoisotopic (exact) mass is 505 g/mol. The van der Waals surface area contributed by atoms with Crippen molar-refractivity contribution in [3.8, 4) is 0 Å². The van der Waals surface area contributed by atoms with Crippen molar-refractivity contribution in [3.05, 3.63) is 36.3 Å². The molecule has 1 fully saturated rings. The molecule has 2 aromatic rings. The van der Waals surface area contributed by atoms with Crippen LogP contribution in [0.4, 0.5) is 0 Å². The highest BCUT2D eigenvalue weighted by atomic mass is 127. The molecule has 1 aliphatic heterocycles. The molecule has 7 nitrogen and oxygen atoms in total. The Bertz CT molecular complexity index is 874. The molecule has 1 aliphatic rings. The van der Waals surface area contributed by atoms with Gasteiger partial charge in [-0.1, -0.05) is 6.07 Å². The van der Waals surface area contributed by atoms with Crippen molar-refractivity contribution < 1.29 is 8.42 Å². The van der Waals surface area contributed by atoms with Gasteiger partial charge < -0.3 is 14.6 Å². The van der Waals surface area contributed by atoms with Crippen molar-refractivity contribution >= 4 is 45.4 Å². The average molecular weight is 505 g/mol. The van der Waals surface area contributed by atoms with Crippen LogP contribution >= 0.6 is 24.0 Å². The largest absolute Gasteiger partial charge is 0.357 e. The van der Waals surface area contributed by atoms with E-state index in [2.05, 4.69) is 10.3 Å². The van der Waals surface area contributed by atoms with Crippen molar-refractivity contribution in [1.29, 1.82) is 0 Å². The Labute approximate surface area is 178 Å². The van der Waals surface area contributed by atoms with Crippen molar-refractivity contribution in [2.75, 3.05) is 31.9 Å². The number of pyridine rings is 1. The Morgan fingerprint density at radius 3 is 2.81 bits per heavy atom. The molecule has 0 saturated carbocycles. The van der Waals surface area contributed by atoms with Gasteiger partial charge in [-0.3, -0.25) is 4.99 Å². The molecule has 9 heteroatoms. The van der Waals surface area contributed by atoms with Crippen molar-refractivity contribution in [3.63, 3.8) is 0 Å². The van der Waals surface area contributed by atoms with Gasteiger partial charge in [0.05, 0.1) is 16.2 Å². The van der Waals surface area contributed by atoms with Gasteiger partial charge in [0.1, 0.15) is 5.65 Å². The highest BCUT2D eigenvalue weighted by Gasteiger charge is 2.40. The lowest BCUT2D eigenvalue weighted by Gasteiger charge is -2.39. The smallest absolute Gasteiger partial charge is 0.194 e. The second kappa shape index (κ2) is 8.76. The number of sulfone groups is 1. The lowest BCUT2D eigenvalue weighted by Crippen LogP contribution is -2.57. The van der Waals surface area contributed by atoms with E-state index in [1.54, 1.807) is 13.8 Å². The van der Waals surface area contributed by atoms with Crippen LogP contribution in [0.15, 0.2) is 35.6 Å². The molecule has 3 rings (SSSR count). The van der Waals surface area contributed by atoms with Crippen molar-refractivity contribution in [2.45, 2.75) is 31.9 Å². The van der Waals surface area contributed by atoms with E-state index in [9.17, 15) is 8.42 Å². The number of nitrogens with zero attached hydrogens (tertiary/aromatic N) is 4. The minimum atomic E-state index is -3.06. The van der Waals surface area contributed by atoms with E-state index in [4.69, 9.17) is 4.99 Å². The summed E-state index contributed by atoms with van der Waals surface area (Å²) in [6, 6.07) is 5.93. The second-order valence-electron chi connectivity index (χ2n) is 7.18. The third kappa shape index (κ3) is 4.92. The molecule has 27 heavy (non-hydrogen) atoms. The van der Waals surface area contributed by atoms with E-state index in [0.717, 1.165) is 30.3 Å². The van der Waals surface area contributed by atoms with Crippen molar-refractivity contribution in [2.24, 2.45) is 4.99 Å². The van der Waals surface area contributed by atoms with Crippen LogP contribution in [0.2, 0.25) is 0 Å². The molecule has 0 aliphatic carbocycles. The summed E-state index contributed by atoms with van der Waals surface area (Å²) in [6.45, 7) is 7.88. The highest BCUT2D eigenvalue weighted by Crippen LogP contribution is 2.23. The van der Waals surface area contributed by atoms with E-state index in [1.807, 2.05) is 46.8 Å². The maximum atomic E-state index is 12.2. The summed E-state index contributed by atoms with van der Waals surface area (Å²) in [5, 5.41) is 3.29. The van der Waals surface area contributed by atoms with E-state index < -0.39 is 14.6 Å². The zero-order valence-electron chi connectivity index (χ0n) is 16.1. The first-order valence-electron chi connectivity index (χ1n) is 9.00. The summed E-state index contributed by atoms with van der Waals surface area (Å²) < 4.78 is 25.7. The number of fused-ring (bicyclic) bond motifs is 1. The summed E-state index contributed by atoms with van der Waals surface area (Å²) in [7, 11) is -3.06. The van der Waals surface area contributed by atoms with Gasteiger partial charge in [-0.25, -0.2) is 13.4 Å². The molecule has 1 saturated heterocycles. The molecule has 0 bridgehead atoms. The van der Waals surface area contributed by atoms with E-state index in [-0.39, 0.29) is 29.7 Å². The van der Waals surface area contributed by atoms with Gasteiger partial charge in [0, 0.05) is 45.0 Å². The summed E-state index contributed by atoms with van der Waals surface area (Å²) in [6.07, 6.45) is 4.75. The average Bonchev–Trinajstić information content (AvgIpc) is 2.99. The zero-order chi connectivity index (χ0) is 18.8. The summed E-state index contributed by atoms with van der Waals surface area (Å²) in [5.74, 6) is 0.941. The SMILES string of the molecule is CCNC(=NCCc1cn2ccccc2n1)N1CCS(=O)(=O)C(C)(C)C1.I. The van der Waals surface area contributed by atoms with E-state index in [0.29, 0.717) is 19.6 Å². The first-order chi connectivity index (χ1) is 12.3. The van der Waals surface area contributed by atoms with Crippen molar-refractivity contribution in [1.82, 2.24) is 19.6 Å². The number of imidazole rings is 1. The quantitative estimate of drug-likeness (QED) is 0.391. The number of hydrogen-bond donors (Lipinski definition) is 1. The third-order valence-corrected chi connectivity index (χ3v) is 7.25. The first kappa shape index (κ1) is 21.9. The fourth-order valence-corrected chi connectivity index (χ4v) is 4.50. The van der Waals surface area contributed by atoms with Crippen LogP contribution < -0.4 is 5.32 Å². The lowest BCUT2D eigenvalue weighted by atomic mass is 10.2. The number of rotatable bonds is 4. The normalized spacial score (nSPS) is 18.9. The Balaban J connectivity index is 0.00000261. The lowest BCUT2D eigenvalue weighted by molar-refractivity contribution is 0.353. The van der Waals surface area contributed by atoms with Gasteiger partial charge in [-0.2, -0.15) is 0 Å². The first-order valence-corrected chi connectivity index (χ1v) is 10.7. The van der Waals surface area contributed by atoms with E-state index in [1.165, 1.54) is 0 Å². The molecule has 1 N–H and O–H groups in total. The topological polar surface area (TPSA) is 79.1 Å². The molecule has 0 radical (unpaired) electrons. The van der Waals surface area contributed by atoms with Crippen LogP contribution in [0.5, 0.6) is 0 Å². The molecule has 0 spiro atoms. The summed E-state index contributed by atoms with van der Waals surface area (Å²) in [4.78, 5) is 11.3. The molecule has 0 amide bonds. The molecule has 2 aromatic heterocycles. The Morgan fingerprint density at radius 2 is 2.15 bits per heavy atom. The molecule has 0 atom stereocenters. The van der Waals surface area contributed by atoms with Crippen LogP contribution in [0.1, 0.15) is 26.5 Å². The molecule has 150 valence electrons. The maximum Gasteiger partial charge on any atom is 0.194 e. The van der Waals surface area contributed by atoms with E-state index >= 15 is 0 Å². The minimum Gasteiger partial charge on any atom is -0.357 e. The van der Waals surface area contributed by atoms with Crippen LogP contribution in [0, 0.1) is 0 Å². The van der Waals surface area contributed by atoms with Gasteiger partial charge in [-0.15, -0.1) is 24.0 Å². The molecule has 0 aromatic carbocycles. The summed E-state index contributed by atoms with van der Waals surface area (Å²) >= 11 is 0. The Kier molecular flexibility index (Phi) is 7.12. The number of hydrogen-bond acceptors (Lipinski definition) is 4. The van der Waals surface area contributed by atoms with Gasteiger partial charge >= 0.3 is 0 Å². The number of halogens is 1. The summed E-state index contributed by atoms with van der Waals surface area (Å²) in [5.41, 5.74) is 1.93. The molecular formula is C18H28IN5O2S. The zero-order valence-corrected chi connectivity index (χ0v) is 19.2.